The molecule has 4 amide bonds. The van der Waals surface area contributed by atoms with Gasteiger partial charge in [0.1, 0.15) is 12.2 Å². The van der Waals surface area contributed by atoms with Gasteiger partial charge >= 0.3 is 92.7 Å². The first-order chi connectivity index (χ1) is 47.5. The molecule has 0 aromatic rings. The Hall–Kier alpha value is -0.710. The second-order valence-electron chi connectivity index (χ2n) is 27.2. The average molecular weight is 1490 g/mol. The summed E-state index contributed by atoms with van der Waals surface area (Å²) in [7, 11) is -9.17. The largest absolute Gasteiger partial charge is 1.00 e. The second-order valence-corrected chi connectivity index (χ2v) is 30.1. The molecule has 0 aliphatic heterocycles. The molecule has 0 aliphatic rings. The van der Waals surface area contributed by atoms with Crippen LogP contribution in [0.5, 0.6) is 0 Å². The minimum absolute atomic E-state index is 0. The van der Waals surface area contributed by atoms with Crippen LogP contribution in [-0.4, -0.2) is 130 Å². The number of carbonyl (C=O) groups is 5. The van der Waals surface area contributed by atoms with Crippen LogP contribution in [0.25, 0.3) is 0 Å². The summed E-state index contributed by atoms with van der Waals surface area (Å²) in [5.74, 6) is -0.803. The van der Waals surface area contributed by atoms with E-state index >= 15 is 0 Å². The van der Waals surface area contributed by atoms with Crippen molar-refractivity contribution in [3.63, 3.8) is 0 Å². The molecule has 0 saturated carbocycles. The minimum Gasteiger partial charge on any atom is -1.00 e. The van der Waals surface area contributed by atoms with E-state index in [1.54, 1.807) is 0 Å². The van der Waals surface area contributed by atoms with E-state index in [1.165, 1.54) is 142 Å². The van der Waals surface area contributed by atoms with Crippen LogP contribution in [0.2, 0.25) is 0 Å². The van der Waals surface area contributed by atoms with Gasteiger partial charge in [-0.3, -0.25) is 37.3 Å². The molecule has 0 spiro atoms. The van der Waals surface area contributed by atoms with E-state index in [-0.39, 0.29) is 170 Å². The molecule has 0 aliphatic carbocycles. The Morgan fingerprint density at radius 1 is 0.350 bits per heavy atom. The predicted octanol–water partition coefficient (Wildman–Crippen LogP) is 13.2. The molecule has 6 atom stereocenters. The average Bonchev–Trinajstić information content (AvgIpc) is 0.974. The van der Waals surface area contributed by atoms with Crippen molar-refractivity contribution < 1.29 is 142 Å². The van der Waals surface area contributed by atoms with Gasteiger partial charge in [0.05, 0.1) is 64.9 Å². The first-order valence-corrected chi connectivity index (χ1v) is 42.8. The number of rotatable bonds is 76. The van der Waals surface area contributed by atoms with Crippen molar-refractivity contribution in [3.8, 4) is 0 Å². The quantitative estimate of drug-likeness (QED) is 0.0143. The summed E-state index contributed by atoms with van der Waals surface area (Å²) in [6, 6.07) is -1.77. The van der Waals surface area contributed by atoms with Crippen LogP contribution in [0.1, 0.15) is 365 Å². The topological polar surface area (TPSA) is 282 Å². The molecule has 100 heavy (non-hydrogen) atoms. The van der Waals surface area contributed by atoms with E-state index in [4.69, 9.17) is 37.0 Å². The van der Waals surface area contributed by atoms with Crippen molar-refractivity contribution in [2.24, 2.45) is 0 Å². The summed E-state index contributed by atoms with van der Waals surface area (Å²) >= 11 is 0. The van der Waals surface area contributed by atoms with Gasteiger partial charge in [-0.15, -0.1) is 0 Å². The van der Waals surface area contributed by atoms with Gasteiger partial charge < -0.3 is 52.9 Å². The Morgan fingerprint density at radius 2 is 0.630 bits per heavy atom. The molecule has 25 heteroatoms. The van der Waals surface area contributed by atoms with E-state index in [9.17, 15) is 42.9 Å². The number of amides is 4. The van der Waals surface area contributed by atoms with Gasteiger partial charge in [-0.1, -0.05) is 266 Å². The van der Waals surface area contributed by atoms with Crippen molar-refractivity contribution >= 4 is 45.4 Å². The van der Waals surface area contributed by atoms with Crippen LogP contribution < -0.4 is 80.4 Å². The standard InChI is InChI=1S/C75H148N4O17P2.2Na.2H/c1-7-12-17-22-25-28-30-33-35-40-45-50-72(81)78-68(65-89-59-55-70(95-67(6)80)48-43-38-20-15-10-4)53-61-91-97(85,86)93-63-57-76-75(84)77-58-64-94-98(87,88)92-62-54-69(79-73(82)51-46-41-36-34-31-29-26-23-18-13-8-2)66-90-60-56-71(49-44-39-21-16-11-5)96-74(83)52-47-42-37-32-27-24-19-14-9-3;;;;/h68-71H,7-66H2,1-6H3,(H,78,81)(H,79,82)(H,85,86)(H,87,88)(H2,76,77,84);;;;/q;2*+1;2*-1/t68-,69-,70+,71+;;;;/m0..../s1. The Bertz CT molecular complexity index is 1990. The predicted molar refractivity (Wildman–Crippen MR) is 397 cm³/mol. The van der Waals surface area contributed by atoms with Gasteiger partial charge in [0.25, 0.3) is 0 Å². The molecule has 6 N–H and O–H groups in total. The second kappa shape index (κ2) is 76.5. The Kier molecular flexibility index (Phi) is 79.1. The Balaban J connectivity index is -0.00000784. The minimum atomic E-state index is -4.59. The molecular weight excluding hydrogens is 1340 g/mol. The van der Waals surface area contributed by atoms with E-state index in [2.05, 4.69) is 55.9 Å². The van der Waals surface area contributed by atoms with Crippen LogP contribution in [0.3, 0.4) is 0 Å². The number of phosphoric acid groups is 2. The van der Waals surface area contributed by atoms with Gasteiger partial charge in [-0.25, -0.2) is 13.9 Å². The zero-order chi connectivity index (χ0) is 72.1. The molecular formula is C75H150N4Na2O17P2. The molecule has 2 unspecified atom stereocenters. The number of hydrogen-bond acceptors (Lipinski definition) is 15. The first kappa shape index (κ1) is 103. The summed E-state index contributed by atoms with van der Waals surface area (Å²) in [5, 5.41) is 11.0. The number of hydrogen-bond donors (Lipinski definition) is 6. The van der Waals surface area contributed by atoms with E-state index in [1.807, 2.05) is 0 Å². The van der Waals surface area contributed by atoms with Gasteiger partial charge in [-0.2, -0.15) is 0 Å². The number of esters is 2. The van der Waals surface area contributed by atoms with Gasteiger partial charge in [0, 0.05) is 52.1 Å². The number of unbranched alkanes of at least 4 members (excludes halogenated alkanes) is 36. The first-order valence-electron chi connectivity index (χ1n) is 39.9. The van der Waals surface area contributed by atoms with Crippen LogP contribution in [-0.2, 0) is 65.4 Å². The third-order valence-electron chi connectivity index (χ3n) is 17.7. The van der Waals surface area contributed by atoms with Crippen molar-refractivity contribution in [2.45, 2.75) is 387 Å². The van der Waals surface area contributed by atoms with Crippen molar-refractivity contribution in [2.75, 3.05) is 65.9 Å². The van der Waals surface area contributed by atoms with Gasteiger partial charge in [-0.05, 0) is 57.8 Å². The monoisotopic (exact) mass is 1490 g/mol. The van der Waals surface area contributed by atoms with E-state index in [0.717, 1.165) is 141 Å². The number of carbonyl (C=O) groups excluding carboxylic acids is 5. The summed E-state index contributed by atoms with van der Waals surface area (Å²) in [6.45, 7) is 11.6. The Labute approximate surface area is 656 Å². The zero-order valence-electron chi connectivity index (χ0n) is 67.1. The fraction of sp³-hybridized carbons (Fsp3) is 0.933. The summed E-state index contributed by atoms with van der Waals surface area (Å²) < 4.78 is 70.3. The molecule has 0 heterocycles. The fourth-order valence-corrected chi connectivity index (χ4v) is 13.2. The molecule has 0 aromatic carbocycles. The van der Waals surface area contributed by atoms with Crippen molar-refractivity contribution in [1.29, 1.82) is 0 Å². The molecule has 0 fully saturated rings. The number of nitrogens with one attached hydrogen (secondary N) is 4. The number of ether oxygens (including phenoxy) is 4. The third-order valence-corrected chi connectivity index (χ3v) is 19.7. The maximum absolute atomic E-state index is 13.2. The zero-order valence-corrected chi connectivity index (χ0v) is 70.9. The number of phosphoric ester groups is 2. The van der Waals surface area contributed by atoms with Crippen molar-refractivity contribution in [1.82, 2.24) is 21.3 Å². The van der Waals surface area contributed by atoms with Crippen LogP contribution >= 0.6 is 15.6 Å². The summed E-state index contributed by atoms with van der Waals surface area (Å²) in [4.78, 5) is 84.8. The molecule has 0 aromatic heterocycles. The molecule has 21 nitrogen and oxygen atoms in total. The number of urea groups is 1. The normalized spacial score (nSPS) is 13.8. The van der Waals surface area contributed by atoms with Crippen molar-refractivity contribution in [3.05, 3.63) is 0 Å². The molecule has 0 bridgehead atoms. The molecule has 0 radical (unpaired) electrons. The summed E-state index contributed by atoms with van der Waals surface area (Å²) in [5.41, 5.74) is 0. The maximum atomic E-state index is 13.2. The smallest absolute Gasteiger partial charge is 1.00 e. The van der Waals surface area contributed by atoms with Gasteiger partial charge in [0.15, 0.2) is 0 Å². The molecule has 584 valence electrons. The maximum Gasteiger partial charge on any atom is 1.00 e. The van der Waals surface area contributed by atoms with Crippen LogP contribution in [0.15, 0.2) is 0 Å². The summed E-state index contributed by atoms with van der Waals surface area (Å²) in [6.07, 6.45) is 50.4. The third kappa shape index (κ3) is 74.2. The fourth-order valence-electron chi connectivity index (χ4n) is 11.7. The Morgan fingerprint density at radius 3 is 0.950 bits per heavy atom. The SMILES string of the molecule is CCCCCCCCCCCCCC(=O)N[C@@H](CCOP(=O)(O)OCCNC(=O)NCCOP(=O)(O)OCC[C@@H](COCC[C@@H](CCCCCCC)OC(=O)CCCCCCCCCCC)NC(=O)CCCCCCCCCCCCC)COCC[C@@H](CCCCCCC)OC(C)=O.[H-].[H-].[Na+].[Na+]. The molecule has 0 rings (SSSR count). The van der Waals surface area contributed by atoms with E-state index < -0.39 is 33.8 Å². The van der Waals surface area contributed by atoms with E-state index in [0.29, 0.717) is 38.7 Å². The molecule has 0 saturated heterocycles. The van der Waals surface area contributed by atoms with Crippen LogP contribution in [0.4, 0.5) is 4.79 Å². The van der Waals surface area contributed by atoms with Crippen LogP contribution in [0, 0.1) is 0 Å². The van der Waals surface area contributed by atoms with Gasteiger partial charge in [0.2, 0.25) is 11.8 Å².